The number of nitrogens with one attached hydrogen (secondary N) is 1. The molecule has 0 radical (unpaired) electrons. The molecule has 23 heteroatoms. The molecule has 1 amide bonds. The number of carboxylic acids is 1. The van der Waals surface area contributed by atoms with E-state index >= 15 is 0 Å². The van der Waals surface area contributed by atoms with Gasteiger partial charge in [0.25, 0.3) is 5.91 Å². The summed E-state index contributed by atoms with van der Waals surface area (Å²) in [6, 6.07) is 37.4. The van der Waals surface area contributed by atoms with Crippen LogP contribution in [0.15, 0.2) is 146 Å². The summed E-state index contributed by atoms with van der Waals surface area (Å²) >= 11 is 0. The van der Waals surface area contributed by atoms with Gasteiger partial charge >= 0.3 is 17.9 Å². The maximum absolute atomic E-state index is 12.8. The Balaban J connectivity index is 0.000000142. The topological polar surface area (TPSA) is 281 Å². The number of hydrogen-bond acceptors (Lipinski definition) is 18. The van der Waals surface area contributed by atoms with E-state index in [9.17, 15) is 19.2 Å². The minimum absolute atomic E-state index is 0.0490. The van der Waals surface area contributed by atoms with Crippen molar-refractivity contribution in [1.82, 2.24) is 53.5 Å². The van der Waals surface area contributed by atoms with Crippen LogP contribution in [0.25, 0.3) is 50.6 Å². The lowest BCUT2D eigenvalue weighted by Crippen LogP contribution is -2.37. The fourth-order valence-electron chi connectivity index (χ4n) is 9.80. The zero-order valence-electron chi connectivity index (χ0n) is 50.9. The number of esters is 2. The highest BCUT2D eigenvalue weighted by molar-refractivity contribution is 5.97. The number of rotatable bonds is 12. The van der Waals surface area contributed by atoms with Gasteiger partial charge < -0.3 is 44.7 Å². The number of pyridine rings is 4. The van der Waals surface area contributed by atoms with Gasteiger partial charge in [-0.3, -0.25) is 18.5 Å². The van der Waals surface area contributed by atoms with Crippen molar-refractivity contribution in [3.63, 3.8) is 0 Å². The first-order chi connectivity index (χ1) is 42.9. The number of imidazole rings is 3. The molecule has 7 aromatic heterocycles. The Kier molecular flexibility index (Phi) is 19.5. The van der Waals surface area contributed by atoms with E-state index in [1.807, 2.05) is 149 Å². The van der Waals surface area contributed by atoms with Gasteiger partial charge in [0.15, 0.2) is 22.8 Å². The monoisotopic (exact) mass is 1200 g/mol. The van der Waals surface area contributed by atoms with Crippen molar-refractivity contribution in [2.75, 3.05) is 59.7 Å². The van der Waals surface area contributed by atoms with Gasteiger partial charge in [-0.2, -0.15) is 0 Å². The Labute approximate surface area is 512 Å². The highest BCUT2D eigenvalue weighted by atomic mass is 16.5. The summed E-state index contributed by atoms with van der Waals surface area (Å²) in [6.07, 6.45) is 8.06. The lowest BCUT2D eigenvalue weighted by Gasteiger charge is -2.30. The third-order valence-electron chi connectivity index (χ3n) is 14.6. The number of methoxy groups -OCH3 is 5. The highest BCUT2D eigenvalue weighted by Gasteiger charge is 2.24. The molecular formula is C66H67N13O10. The first kappa shape index (κ1) is 62.3. The van der Waals surface area contributed by atoms with Crippen molar-refractivity contribution in [2.45, 2.75) is 47.5 Å². The van der Waals surface area contributed by atoms with Gasteiger partial charge in [-0.1, -0.05) is 24.6 Å². The lowest BCUT2D eigenvalue weighted by atomic mass is 9.99. The van der Waals surface area contributed by atoms with Crippen molar-refractivity contribution in [2.24, 2.45) is 5.92 Å². The van der Waals surface area contributed by atoms with Crippen LogP contribution in [0, 0.1) is 33.6 Å². The SMILES string of the molecule is COC(=O)c1cnc(Nc2ccc(OC)cc2)c(N)c1.COC(=O)c1cnc2c(c1)nc(C)n2-c1ccc(C)cc1.COc1ccc(-n2c(C)nc3cc(C(=O)N4CCC(C)CC4)cnc32)cc1.COc1ccc(-n2c(C)nc3cc(C(=O)O)cnc32)cc1. The first-order valence-electron chi connectivity index (χ1n) is 28.2. The van der Waals surface area contributed by atoms with Crippen LogP contribution in [0.4, 0.5) is 17.2 Å². The Bertz CT molecular complexity index is 4330. The number of anilines is 3. The number of aryl methyl sites for hydroxylation is 4. The van der Waals surface area contributed by atoms with Crippen LogP contribution in [0.2, 0.25) is 0 Å². The lowest BCUT2D eigenvalue weighted by molar-refractivity contribution is 0.0591. The predicted molar refractivity (Wildman–Crippen MR) is 338 cm³/mol. The largest absolute Gasteiger partial charge is 0.497 e. The van der Waals surface area contributed by atoms with E-state index in [0.717, 1.165) is 100 Å². The number of nitrogen functional groups attached to an aromatic ring is 1. The number of nitrogens with zero attached hydrogens (tertiary/aromatic N) is 11. The smallest absolute Gasteiger partial charge is 0.339 e. The number of carboxylic acid groups (broad SMARTS) is 1. The van der Waals surface area contributed by atoms with E-state index in [2.05, 4.69) is 51.9 Å². The molecule has 8 heterocycles. The summed E-state index contributed by atoms with van der Waals surface area (Å²) in [5.74, 6) is 4.05. The van der Waals surface area contributed by atoms with Crippen LogP contribution in [0.5, 0.6) is 17.2 Å². The summed E-state index contributed by atoms with van der Waals surface area (Å²) in [4.78, 5) is 79.4. The maximum Gasteiger partial charge on any atom is 0.339 e. The van der Waals surface area contributed by atoms with Gasteiger partial charge in [-0.15, -0.1) is 0 Å². The second kappa shape index (κ2) is 27.9. The number of ether oxygens (including phenoxy) is 5. The number of hydrogen-bond donors (Lipinski definition) is 3. The molecule has 0 bridgehead atoms. The first-order valence-corrected chi connectivity index (χ1v) is 28.2. The number of piperidine rings is 1. The fraction of sp³-hybridized carbons (Fsp3) is 0.227. The molecule has 23 nitrogen and oxygen atoms in total. The molecule has 4 N–H and O–H groups in total. The van der Waals surface area contributed by atoms with Crippen molar-refractivity contribution in [3.05, 3.63) is 191 Å². The average molecular weight is 1200 g/mol. The Hall–Kier alpha value is -11.2. The second-order valence-electron chi connectivity index (χ2n) is 20.7. The summed E-state index contributed by atoms with van der Waals surface area (Å²) in [5.41, 5.74) is 16.6. The Morgan fingerprint density at radius 2 is 0.876 bits per heavy atom. The molecule has 0 spiro atoms. The number of carbonyl (C=O) groups excluding carboxylic acids is 3. The molecule has 0 aliphatic carbocycles. The molecule has 1 aliphatic rings. The molecule has 12 rings (SSSR count). The van der Waals surface area contributed by atoms with Crippen molar-refractivity contribution < 1.29 is 48.0 Å². The summed E-state index contributed by atoms with van der Waals surface area (Å²) in [6.45, 7) is 11.6. The molecule has 456 valence electrons. The fourth-order valence-corrected chi connectivity index (χ4v) is 9.80. The molecule has 11 aromatic rings. The van der Waals surface area contributed by atoms with E-state index in [1.54, 1.807) is 33.6 Å². The van der Waals surface area contributed by atoms with Crippen LogP contribution in [-0.2, 0) is 9.47 Å². The van der Waals surface area contributed by atoms with Crippen molar-refractivity contribution in [1.29, 1.82) is 0 Å². The van der Waals surface area contributed by atoms with Crippen molar-refractivity contribution >= 4 is 74.5 Å². The maximum atomic E-state index is 12.8. The molecule has 0 atom stereocenters. The van der Waals surface area contributed by atoms with Gasteiger partial charge in [0, 0.05) is 60.6 Å². The summed E-state index contributed by atoms with van der Waals surface area (Å²) in [7, 11) is 7.52. The number of amides is 1. The standard InChI is InChI=1S/C21H24N4O2.C16H15N3O2.C15H13N3O3.C14H15N3O3/c1-14-8-10-24(11-9-14)21(26)16-12-19-20(22-13-16)25(15(2)23-19)17-4-6-18(27-3)7-5-17;1-10-4-6-13(7-5-10)19-11(2)18-14-8-12(16(20)21-3)9-17-15(14)19;1-9-17-13-7-10(15(19)20)8-16-14(13)18(9)11-3-5-12(21-2)6-4-11;1-19-11-5-3-10(4-6-11)17-13-12(15)7-9(8-16-13)14(18)20-2/h4-7,12-14H,8-11H2,1-3H3;4-9H,1-3H3;3-8H,1-2H3,(H,19,20);3-8H,15H2,1-2H3,(H,16,17). The molecule has 1 fully saturated rings. The predicted octanol–water partition coefficient (Wildman–Crippen LogP) is 11.1. The number of aromatic carboxylic acids is 1. The van der Waals surface area contributed by atoms with E-state index in [4.69, 9.17) is 29.8 Å². The van der Waals surface area contributed by atoms with Gasteiger partial charge in [0.2, 0.25) is 0 Å². The van der Waals surface area contributed by atoms with Gasteiger partial charge in [-0.05, 0) is 156 Å². The third-order valence-corrected chi connectivity index (χ3v) is 14.6. The van der Waals surface area contributed by atoms with Crippen molar-refractivity contribution in [3.8, 4) is 34.3 Å². The van der Waals surface area contributed by atoms with Crippen LogP contribution >= 0.6 is 0 Å². The number of aromatic nitrogens is 10. The zero-order chi connectivity index (χ0) is 63.5. The Morgan fingerprint density at radius 1 is 0.506 bits per heavy atom. The number of likely N-dealkylation sites (tertiary alicyclic amines) is 1. The van der Waals surface area contributed by atoms with E-state index < -0.39 is 17.9 Å². The van der Waals surface area contributed by atoms with Crippen LogP contribution < -0.4 is 25.3 Å². The van der Waals surface area contributed by atoms with Gasteiger partial charge in [0.1, 0.15) is 51.3 Å². The average Bonchev–Trinajstić information content (AvgIpc) is 2.23. The van der Waals surface area contributed by atoms with Crippen LogP contribution in [-0.4, -0.2) is 131 Å². The summed E-state index contributed by atoms with van der Waals surface area (Å²) in [5, 5.41) is 12.1. The highest BCUT2D eigenvalue weighted by Crippen LogP contribution is 2.28. The molecule has 0 unspecified atom stereocenters. The Morgan fingerprint density at radius 3 is 1.29 bits per heavy atom. The molecule has 1 aliphatic heterocycles. The van der Waals surface area contributed by atoms with Gasteiger partial charge in [-0.25, -0.2) is 49.3 Å². The molecule has 89 heavy (non-hydrogen) atoms. The molecule has 1 saturated heterocycles. The zero-order valence-corrected chi connectivity index (χ0v) is 50.9. The second-order valence-corrected chi connectivity index (χ2v) is 20.7. The number of carbonyl (C=O) groups is 4. The quantitative estimate of drug-likeness (QED) is 0.0958. The van der Waals surface area contributed by atoms with E-state index in [1.165, 1.54) is 50.5 Å². The number of benzene rings is 4. The van der Waals surface area contributed by atoms with Crippen LogP contribution in [0.3, 0.4) is 0 Å². The molecular weight excluding hydrogens is 1130 g/mol. The summed E-state index contributed by atoms with van der Waals surface area (Å²) < 4.78 is 30.6. The van der Waals surface area contributed by atoms with Crippen LogP contribution in [0.1, 0.15) is 84.2 Å². The minimum atomic E-state index is -1.01. The molecule has 4 aromatic carbocycles. The molecule has 0 saturated carbocycles. The number of nitrogens with two attached hydrogens (primary N) is 1. The van der Waals surface area contributed by atoms with E-state index in [0.29, 0.717) is 50.8 Å². The third kappa shape index (κ3) is 14.4. The van der Waals surface area contributed by atoms with E-state index in [-0.39, 0.29) is 11.5 Å². The number of fused-ring (bicyclic) bond motifs is 3. The minimum Gasteiger partial charge on any atom is -0.497 e. The normalized spacial score (nSPS) is 12.0. The van der Waals surface area contributed by atoms with Gasteiger partial charge in [0.05, 0.1) is 63.5 Å².